The smallest absolute Gasteiger partial charge is 0.407 e. The van der Waals surface area contributed by atoms with Crippen molar-refractivity contribution >= 4 is 50.8 Å². The van der Waals surface area contributed by atoms with Gasteiger partial charge >= 0.3 is 6.09 Å². The van der Waals surface area contributed by atoms with E-state index in [-0.39, 0.29) is 29.3 Å². The van der Waals surface area contributed by atoms with E-state index in [0.717, 1.165) is 39.1 Å². The molecule has 0 saturated carbocycles. The topological polar surface area (TPSA) is 84.9 Å². The maximum absolute atomic E-state index is 12.5. The highest BCUT2D eigenvalue weighted by Gasteiger charge is 2.32. The van der Waals surface area contributed by atoms with E-state index in [1.54, 1.807) is 18.4 Å². The molecule has 7 nitrogen and oxygen atoms in total. The van der Waals surface area contributed by atoms with Gasteiger partial charge in [-0.1, -0.05) is 35.9 Å². The van der Waals surface area contributed by atoms with E-state index < -0.39 is 16.1 Å². The molecule has 1 heterocycles. The number of nitrogens with zero attached hydrogens (tertiary/aromatic N) is 1. The van der Waals surface area contributed by atoms with Gasteiger partial charge in [0, 0.05) is 17.0 Å². The molecule has 1 aliphatic carbocycles. The first-order valence-electron chi connectivity index (χ1n) is 11.9. The quantitative estimate of drug-likeness (QED) is 0.296. The average Bonchev–Trinajstić information content (AvgIpc) is 3.42. The van der Waals surface area contributed by atoms with Crippen molar-refractivity contribution in [3.8, 4) is 5.75 Å². The number of amides is 1. The van der Waals surface area contributed by atoms with Gasteiger partial charge < -0.3 is 14.8 Å². The Morgan fingerprint density at radius 1 is 1.19 bits per heavy atom. The first-order valence-corrected chi connectivity index (χ1v) is 15.0. The molecule has 4 rings (SSSR count). The number of hydrogen-bond acceptors (Lipinski definition) is 6. The van der Waals surface area contributed by atoms with Gasteiger partial charge in [0.25, 0.3) is 10.0 Å². The molecule has 198 valence electrons. The Kier molecular flexibility index (Phi) is 9.36. The van der Waals surface area contributed by atoms with E-state index in [2.05, 4.69) is 5.32 Å². The van der Waals surface area contributed by atoms with Gasteiger partial charge in [-0.15, -0.1) is 15.2 Å². The van der Waals surface area contributed by atoms with Gasteiger partial charge in [-0.25, -0.2) is 13.2 Å². The highest BCUT2D eigenvalue weighted by molar-refractivity contribution is 7.92. The molecule has 0 aliphatic heterocycles. The van der Waals surface area contributed by atoms with Crippen LogP contribution in [0.1, 0.15) is 36.0 Å². The predicted molar refractivity (Wildman–Crippen MR) is 146 cm³/mol. The lowest BCUT2D eigenvalue weighted by Gasteiger charge is -2.34. The third-order valence-corrected chi connectivity index (χ3v) is 10.1. The maximum atomic E-state index is 12.5. The zero-order valence-corrected chi connectivity index (χ0v) is 23.4. The van der Waals surface area contributed by atoms with Gasteiger partial charge in [0.15, 0.2) is 0 Å². The fraction of sp³-hybridized carbons (Fsp3) is 0.346. The standard InChI is InChI=1S/C26H28Cl2N2O5S2/c1-2-34-26(31)29-24-11-9-19-8-10-21(17-22(19)23(24)16-18-5-3-6-20(27)15-18)35-13-12-30(28)37(32,33)25-7-4-14-36-25/h3-8,10,14-15,17,23-24H,2,9,11-13,16H2,1H3,(H,29,31). The van der Waals surface area contributed by atoms with Crippen LogP contribution in [0.3, 0.4) is 0 Å². The Bertz CT molecular complexity index is 1320. The second-order valence-electron chi connectivity index (χ2n) is 8.61. The molecule has 2 atom stereocenters. The van der Waals surface area contributed by atoms with Crippen LogP contribution in [-0.4, -0.2) is 44.1 Å². The first-order chi connectivity index (χ1) is 17.8. The second-order valence-corrected chi connectivity index (χ2v) is 12.7. The summed E-state index contributed by atoms with van der Waals surface area (Å²) in [7, 11) is -3.76. The van der Waals surface area contributed by atoms with Gasteiger partial charge in [-0.05, 0) is 90.4 Å². The molecule has 2 unspecified atom stereocenters. The monoisotopic (exact) mass is 582 g/mol. The third kappa shape index (κ3) is 6.97. The molecule has 0 saturated heterocycles. The number of benzene rings is 2. The lowest BCUT2D eigenvalue weighted by atomic mass is 9.76. The number of carbonyl (C=O) groups is 1. The molecular formula is C26H28Cl2N2O5S2. The van der Waals surface area contributed by atoms with Crippen LogP contribution in [-0.2, 0) is 27.6 Å². The van der Waals surface area contributed by atoms with Crippen LogP contribution in [0, 0.1) is 0 Å². The van der Waals surface area contributed by atoms with Gasteiger partial charge in [0.1, 0.15) is 16.6 Å². The summed E-state index contributed by atoms with van der Waals surface area (Å²) in [6.45, 7) is 2.14. The third-order valence-electron chi connectivity index (χ3n) is 6.20. The van der Waals surface area contributed by atoms with E-state index in [0.29, 0.717) is 23.8 Å². The van der Waals surface area contributed by atoms with Crippen LogP contribution >= 0.6 is 34.7 Å². The molecule has 1 amide bonds. The molecular weight excluding hydrogens is 555 g/mol. The van der Waals surface area contributed by atoms with Crippen molar-refractivity contribution in [2.45, 2.75) is 42.4 Å². The highest BCUT2D eigenvalue weighted by atomic mass is 35.5. The molecule has 0 fully saturated rings. The lowest BCUT2D eigenvalue weighted by Crippen LogP contribution is -2.43. The second kappa shape index (κ2) is 12.5. The largest absolute Gasteiger partial charge is 0.492 e. The van der Waals surface area contributed by atoms with Crippen molar-refractivity contribution in [2.75, 3.05) is 19.8 Å². The summed E-state index contributed by atoms with van der Waals surface area (Å²) in [6, 6.07) is 16.6. The van der Waals surface area contributed by atoms with E-state index in [9.17, 15) is 13.2 Å². The Balaban J connectivity index is 1.51. The zero-order chi connectivity index (χ0) is 26.4. The summed E-state index contributed by atoms with van der Waals surface area (Å²) in [5, 5.41) is 5.37. The number of hydrogen-bond donors (Lipinski definition) is 1. The molecule has 37 heavy (non-hydrogen) atoms. The van der Waals surface area contributed by atoms with Crippen LogP contribution in [0.2, 0.25) is 5.02 Å². The minimum atomic E-state index is -3.76. The van der Waals surface area contributed by atoms with Gasteiger partial charge in [0.05, 0.1) is 13.2 Å². The lowest BCUT2D eigenvalue weighted by molar-refractivity contribution is 0.144. The van der Waals surface area contributed by atoms with E-state index in [1.807, 2.05) is 42.5 Å². The molecule has 0 spiro atoms. The number of aryl methyl sites for hydroxylation is 1. The van der Waals surface area contributed by atoms with Crippen molar-refractivity contribution in [3.05, 3.63) is 81.7 Å². The van der Waals surface area contributed by atoms with Crippen molar-refractivity contribution in [3.63, 3.8) is 0 Å². The molecule has 0 radical (unpaired) electrons. The Labute approximate surface area is 231 Å². The molecule has 1 N–H and O–H groups in total. The highest BCUT2D eigenvalue weighted by Crippen LogP contribution is 2.37. The summed E-state index contributed by atoms with van der Waals surface area (Å²) in [6.07, 6.45) is 1.81. The minimum Gasteiger partial charge on any atom is -0.492 e. The van der Waals surface area contributed by atoms with Crippen molar-refractivity contribution in [1.29, 1.82) is 0 Å². The molecule has 2 aromatic carbocycles. The van der Waals surface area contributed by atoms with Gasteiger partial charge in [-0.3, -0.25) is 0 Å². The number of nitrogens with one attached hydrogen (secondary N) is 1. The molecule has 1 aromatic heterocycles. The van der Waals surface area contributed by atoms with Crippen molar-refractivity contribution in [2.24, 2.45) is 0 Å². The van der Waals surface area contributed by atoms with Crippen LogP contribution in [0.15, 0.2) is 64.2 Å². The van der Waals surface area contributed by atoms with Gasteiger partial charge in [-0.2, -0.15) is 0 Å². The number of fused-ring (bicyclic) bond motifs is 1. The van der Waals surface area contributed by atoms with Crippen molar-refractivity contribution < 1.29 is 22.7 Å². The first kappa shape index (κ1) is 27.7. The number of sulfonamides is 1. The Morgan fingerprint density at radius 3 is 2.76 bits per heavy atom. The van der Waals surface area contributed by atoms with E-state index in [4.69, 9.17) is 32.9 Å². The normalized spacial score (nSPS) is 17.3. The molecule has 11 heteroatoms. The summed E-state index contributed by atoms with van der Waals surface area (Å²) in [5.41, 5.74) is 3.31. The number of ether oxygens (including phenoxy) is 2. The summed E-state index contributed by atoms with van der Waals surface area (Å²) in [5.74, 6) is 0.573. The fourth-order valence-corrected chi connectivity index (χ4v) is 7.25. The number of halogens is 2. The van der Waals surface area contributed by atoms with Crippen LogP contribution in [0.4, 0.5) is 4.79 Å². The van der Waals surface area contributed by atoms with Crippen molar-refractivity contribution in [1.82, 2.24) is 9.14 Å². The number of carbonyl (C=O) groups excluding carboxylic acids is 1. The summed E-state index contributed by atoms with van der Waals surface area (Å²) < 4.78 is 37.1. The number of thiophene rings is 1. The SMILES string of the molecule is CCOC(=O)NC1CCc2ccc(OCCN(Cl)S(=O)(=O)c3cccs3)cc2C1Cc1cccc(Cl)c1. The maximum Gasteiger partial charge on any atom is 0.407 e. The van der Waals surface area contributed by atoms with Gasteiger partial charge in [0.2, 0.25) is 0 Å². The minimum absolute atomic E-state index is 0.0160. The molecule has 1 aliphatic rings. The van der Waals surface area contributed by atoms with Crippen LogP contribution in [0.25, 0.3) is 0 Å². The Hall–Kier alpha value is -2.30. The van der Waals surface area contributed by atoms with E-state index >= 15 is 0 Å². The average molecular weight is 584 g/mol. The summed E-state index contributed by atoms with van der Waals surface area (Å²) in [4.78, 5) is 12.3. The number of rotatable bonds is 10. The van der Waals surface area contributed by atoms with Crippen LogP contribution in [0.5, 0.6) is 5.75 Å². The Morgan fingerprint density at radius 2 is 2.03 bits per heavy atom. The zero-order valence-electron chi connectivity index (χ0n) is 20.2. The fourth-order valence-electron chi connectivity index (χ4n) is 4.49. The summed E-state index contributed by atoms with van der Waals surface area (Å²) >= 11 is 13.4. The van der Waals surface area contributed by atoms with Crippen LogP contribution < -0.4 is 10.1 Å². The molecule has 3 aromatic rings. The number of alkyl carbamates (subject to hydrolysis) is 1. The molecule has 0 bridgehead atoms. The predicted octanol–water partition coefficient (Wildman–Crippen LogP) is 6.01. The van der Waals surface area contributed by atoms with E-state index in [1.165, 1.54) is 11.6 Å².